The lowest BCUT2D eigenvalue weighted by Gasteiger charge is -2.35. The molecule has 0 aliphatic carbocycles. The summed E-state index contributed by atoms with van der Waals surface area (Å²) >= 11 is 1.87. The Hall–Kier alpha value is -1.00. The van der Waals surface area contributed by atoms with Gasteiger partial charge in [-0.1, -0.05) is 12.1 Å². The van der Waals surface area contributed by atoms with E-state index >= 15 is 0 Å². The minimum absolute atomic E-state index is 0.399. The zero-order chi connectivity index (χ0) is 11.0. The Balaban J connectivity index is 1.80. The third kappa shape index (κ3) is 1.72. The number of piperidine rings is 1. The fourth-order valence-electron chi connectivity index (χ4n) is 2.21. The van der Waals surface area contributed by atoms with Gasteiger partial charge in [-0.25, -0.2) is 5.01 Å². The van der Waals surface area contributed by atoms with Crippen molar-refractivity contribution in [3.8, 4) is 0 Å². The van der Waals surface area contributed by atoms with Crippen molar-refractivity contribution in [2.75, 3.05) is 24.0 Å². The Morgan fingerprint density at radius 2 is 1.88 bits per heavy atom. The van der Waals surface area contributed by atoms with Gasteiger partial charge >= 0.3 is 0 Å². The van der Waals surface area contributed by atoms with Crippen molar-refractivity contribution in [1.82, 2.24) is 5.01 Å². The van der Waals surface area contributed by atoms with Gasteiger partial charge in [0, 0.05) is 30.8 Å². The third-order valence-corrected chi connectivity index (χ3v) is 4.15. The number of nitrogens with zero attached hydrogens (tertiary/aromatic N) is 2. The van der Waals surface area contributed by atoms with Gasteiger partial charge in [-0.3, -0.25) is 9.80 Å². The van der Waals surface area contributed by atoms with Crippen LogP contribution in [0.3, 0.4) is 0 Å². The van der Waals surface area contributed by atoms with Crippen molar-refractivity contribution in [1.29, 1.82) is 0 Å². The number of hydrogen-bond acceptors (Lipinski definition) is 4. The van der Waals surface area contributed by atoms with Crippen molar-refractivity contribution in [2.24, 2.45) is 0 Å². The number of benzene rings is 1. The maximum absolute atomic E-state index is 11.2. The Morgan fingerprint density at radius 1 is 1.12 bits per heavy atom. The Morgan fingerprint density at radius 3 is 2.69 bits per heavy atom. The molecule has 0 N–H and O–H groups in total. The summed E-state index contributed by atoms with van der Waals surface area (Å²) in [6.07, 6.45) is 1.40. The van der Waals surface area contributed by atoms with E-state index in [1.807, 2.05) is 11.8 Å². The minimum atomic E-state index is 0.399. The van der Waals surface area contributed by atoms with Gasteiger partial charge in [0.2, 0.25) is 0 Å². The van der Waals surface area contributed by atoms with Crippen LogP contribution in [-0.4, -0.2) is 29.8 Å². The van der Waals surface area contributed by atoms with E-state index in [1.165, 1.54) is 10.6 Å². The Labute approximate surface area is 99.4 Å². The maximum Gasteiger partial charge on any atom is 0.135 e. The highest BCUT2D eigenvalue weighted by atomic mass is 32.2. The van der Waals surface area contributed by atoms with Crippen molar-refractivity contribution in [3.63, 3.8) is 0 Å². The number of carbonyl (C=O) groups excluding carboxylic acids is 1. The molecule has 2 heterocycles. The molecule has 16 heavy (non-hydrogen) atoms. The number of rotatable bonds is 1. The maximum atomic E-state index is 11.2. The second-order valence-electron chi connectivity index (χ2n) is 4.13. The standard InChI is InChI=1S/C12H14N2OS/c15-10-5-7-13(8-6-10)14-9-16-12-4-2-1-3-11(12)14/h1-4H,5-9H2. The van der Waals surface area contributed by atoms with E-state index in [1.54, 1.807) is 0 Å². The summed E-state index contributed by atoms with van der Waals surface area (Å²) in [5, 5.41) is 4.62. The van der Waals surface area contributed by atoms with Gasteiger partial charge in [0.25, 0.3) is 0 Å². The van der Waals surface area contributed by atoms with E-state index < -0.39 is 0 Å². The Bertz CT molecular complexity index is 411. The molecular formula is C12H14N2OS. The molecule has 1 saturated heterocycles. The predicted octanol–water partition coefficient (Wildman–Crippen LogP) is 2.14. The van der Waals surface area contributed by atoms with E-state index in [4.69, 9.17) is 0 Å². The SMILES string of the molecule is O=C1CCN(N2CSc3ccccc32)CC1. The number of hydrogen-bond donors (Lipinski definition) is 0. The van der Waals surface area contributed by atoms with Gasteiger partial charge in [-0.05, 0) is 12.1 Å². The lowest BCUT2D eigenvalue weighted by molar-refractivity contribution is -0.121. The van der Waals surface area contributed by atoms with Crippen LogP contribution in [0.25, 0.3) is 0 Å². The summed E-state index contributed by atoms with van der Waals surface area (Å²) in [6, 6.07) is 8.47. The largest absolute Gasteiger partial charge is 0.300 e. The topological polar surface area (TPSA) is 23.6 Å². The van der Waals surface area contributed by atoms with E-state index in [9.17, 15) is 4.79 Å². The number of hydrazine groups is 1. The average Bonchev–Trinajstić information content (AvgIpc) is 2.74. The molecule has 2 aliphatic rings. The summed E-state index contributed by atoms with van der Waals surface area (Å²) in [5.74, 6) is 1.38. The first kappa shape index (κ1) is 10.2. The van der Waals surface area contributed by atoms with Crippen LogP contribution < -0.4 is 5.01 Å². The monoisotopic (exact) mass is 234 g/mol. The summed E-state index contributed by atoms with van der Waals surface area (Å²) in [6.45, 7) is 1.74. The molecule has 4 heteroatoms. The molecule has 2 aliphatic heterocycles. The van der Waals surface area contributed by atoms with Gasteiger partial charge in [0.1, 0.15) is 5.78 Å². The van der Waals surface area contributed by atoms with E-state index in [2.05, 4.69) is 34.3 Å². The van der Waals surface area contributed by atoms with Crippen LogP contribution in [0.5, 0.6) is 0 Å². The zero-order valence-electron chi connectivity index (χ0n) is 9.06. The smallest absolute Gasteiger partial charge is 0.135 e. The van der Waals surface area contributed by atoms with Crippen LogP contribution in [0.2, 0.25) is 0 Å². The van der Waals surface area contributed by atoms with Crippen LogP contribution in [0.15, 0.2) is 29.2 Å². The highest BCUT2D eigenvalue weighted by Crippen LogP contribution is 2.39. The second kappa shape index (κ2) is 4.11. The molecule has 0 amide bonds. The third-order valence-electron chi connectivity index (χ3n) is 3.12. The van der Waals surface area contributed by atoms with Gasteiger partial charge in [-0.15, -0.1) is 11.8 Å². The number of ketones is 1. The molecule has 1 aromatic carbocycles. The molecule has 1 aromatic rings. The molecule has 0 aromatic heterocycles. The number of fused-ring (bicyclic) bond motifs is 1. The van der Waals surface area contributed by atoms with Crippen molar-refractivity contribution in [2.45, 2.75) is 17.7 Å². The first-order valence-corrected chi connectivity index (χ1v) is 6.59. The number of thioether (sulfide) groups is 1. The highest BCUT2D eigenvalue weighted by molar-refractivity contribution is 7.99. The van der Waals surface area contributed by atoms with Crippen molar-refractivity contribution in [3.05, 3.63) is 24.3 Å². The zero-order valence-corrected chi connectivity index (χ0v) is 9.87. The van der Waals surface area contributed by atoms with E-state index in [0.717, 1.165) is 19.0 Å². The molecule has 0 saturated carbocycles. The quantitative estimate of drug-likeness (QED) is 0.742. The number of para-hydroxylation sites is 1. The van der Waals surface area contributed by atoms with Crippen LogP contribution in [0, 0.1) is 0 Å². The normalized spacial score (nSPS) is 21.2. The highest BCUT2D eigenvalue weighted by Gasteiger charge is 2.27. The van der Waals surface area contributed by atoms with Crippen molar-refractivity contribution < 1.29 is 4.79 Å². The van der Waals surface area contributed by atoms with Gasteiger partial charge in [0.05, 0.1) is 11.6 Å². The van der Waals surface area contributed by atoms with Crippen LogP contribution in [0.4, 0.5) is 5.69 Å². The van der Waals surface area contributed by atoms with Gasteiger partial charge in [-0.2, -0.15) is 0 Å². The molecule has 84 valence electrons. The fraction of sp³-hybridized carbons (Fsp3) is 0.417. The molecule has 0 bridgehead atoms. The first-order valence-electron chi connectivity index (χ1n) is 5.60. The number of Topliss-reactive ketones (excluding diaryl/α,β-unsaturated/α-hetero) is 1. The molecule has 3 rings (SSSR count). The summed E-state index contributed by atoms with van der Waals surface area (Å²) in [7, 11) is 0. The van der Waals surface area contributed by atoms with Gasteiger partial charge in [0.15, 0.2) is 0 Å². The first-order chi connectivity index (χ1) is 7.84. The summed E-state index contributed by atoms with van der Waals surface area (Å²) in [5.41, 5.74) is 1.29. The lowest BCUT2D eigenvalue weighted by atomic mass is 10.1. The molecule has 0 spiro atoms. The molecule has 0 atom stereocenters. The molecule has 1 fully saturated rings. The predicted molar refractivity (Wildman–Crippen MR) is 65.5 cm³/mol. The number of anilines is 1. The van der Waals surface area contributed by atoms with E-state index in [-0.39, 0.29) is 0 Å². The van der Waals surface area contributed by atoms with E-state index in [0.29, 0.717) is 18.6 Å². The number of carbonyl (C=O) groups is 1. The van der Waals surface area contributed by atoms with Crippen LogP contribution in [0.1, 0.15) is 12.8 Å². The molecular weight excluding hydrogens is 220 g/mol. The van der Waals surface area contributed by atoms with Crippen LogP contribution in [-0.2, 0) is 4.79 Å². The fourth-order valence-corrected chi connectivity index (χ4v) is 3.27. The van der Waals surface area contributed by atoms with Crippen LogP contribution >= 0.6 is 11.8 Å². The molecule has 0 radical (unpaired) electrons. The second-order valence-corrected chi connectivity index (χ2v) is 5.12. The molecule has 0 unspecified atom stereocenters. The van der Waals surface area contributed by atoms with Gasteiger partial charge < -0.3 is 0 Å². The lowest BCUT2D eigenvalue weighted by Crippen LogP contribution is -2.46. The summed E-state index contributed by atoms with van der Waals surface area (Å²) < 4.78 is 0. The van der Waals surface area contributed by atoms with Crippen molar-refractivity contribution >= 4 is 23.2 Å². The average molecular weight is 234 g/mol. The minimum Gasteiger partial charge on any atom is -0.300 e. The Kier molecular flexibility index (Phi) is 2.61. The summed E-state index contributed by atoms with van der Waals surface area (Å²) in [4.78, 5) is 12.6. The molecule has 3 nitrogen and oxygen atoms in total.